The first-order valence-corrected chi connectivity index (χ1v) is 11.8. The molecule has 33 heavy (non-hydrogen) atoms. The molecule has 0 atom stereocenters. The second kappa shape index (κ2) is 9.94. The summed E-state index contributed by atoms with van der Waals surface area (Å²) >= 11 is 0. The first-order chi connectivity index (χ1) is 15.8. The van der Waals surface area contributed by atoms with Gasteiger partial charge in [0.2, 0.25) is 0 Å². The Morgan fingerprint density at radius 1 is 1.03 bits per heavy atom. The molecule has 2 heterocycles. The fraction of sp³-hybridized carbons (Fsp3) is 0.393. The van der Waals surface area contributed by atoms with Gasteiger partial charge in [-0.15, -0.1) is 0 Å². The van der Waals surface area contributed by atoms with E-state index in [4.69, 9.17) is 4.74 Å². The summed E-state index contributed by atoms with van der Waals surface area (Å²) in [5.41, 5.74) is 5.11. The number of nitrogens with zero attached hydrogens (tertiary/aromatic N) is 2. The van der Waals surface area contributed by atoms with Crippen molar-refractivity contribution in [3.63, 3.8) is 0 Å². The van der Waals surface area contributed by atoms with Gasteiger partial charge in [0, 0.05) is 60.1 Å². The van der Waals surface area contributed by atoms with Crippen LogP contribution in [0.1, 0.15) is 38.8 Å². The lowest BCUT2D eigenvalue weighted by Gasteiger charge is -2.26. The summed E-state index contributed by atoms with van der Waals surface area (Å²) < 4.78 is 7.76. The van der Waals surface area contributed by atoms with E-state index in [-0.39, 0.29) is 11.3 Å². The molecule has 0 radical (unpaired) electrons. The molecule has 4 rings (SSSR count). The van der Waals surface area contributed by atoms with Gasteiger partial charge in [-0.1, -0.05) is 51.1 Å². The highest BCUT2D eigenvalue weighted by Gasteiger charge is 2.15. The Bertz CT molecular complexity index is 1130. The Hall–Kier alpha value is -2.89. The fourth-order valence-electron chi connectivity index (χ4n) is 4.23. The smallest absolute Gasteiger partial charge is 0.251 e. The van der Waals surface area contributed by atoms with E-state index in [2.05, 4.69) is 78.2 Å². The summed E-state index contributed by atoms with van der Waals surface area (Å²) in [4.78, 5) is 15.3. The van der Waals surface area contributed by atoms with E-state index >= 15 is 0 Å². The van der Waals surface area contributed by atoms with Crippen LogP contribution in [0.15, 0.2) is 60.3 Å². The SMILES string of the molecule is C/C(=C\c1cn(CCN2CCOCC2)c2ccccc12)C(=O)Nc1ccc(C(C)(C)C)cc1. The molecular formula is C28H35N3O2. The van der Waals surface area contributed by atoms with Gasteiger partial charge in [-0.05, 0) is 42.2 Å². The number of rotatable bonds is 6. The lowest BCUT2D eigenvalue weighted by molar-refractivity contribution is -0.112. The van der Waals surface area contributed by atoms with Crippen LogP contribution in [0.3, 0.4) is 0 Å². The van der Waals surface area contributed by atoms with Crippen LogP contribution in [0.4, 0.5) is 5.69 Å². The number of aromatic nitrogens is 1. The minimum Gasteiger partial charge on any atom is -0.379 e. The first-order valence-electron chi connectivity index (χ1n) is 11.8. The van der Waals surface area contributed by atoms with Crippen LogP contribution < -0.4 is 5.32 Å². The van der Waals surface area contributed by atoms with Crippen LogP contribution in [-0.4, -0.2) is 48.2 Å². The molecule has 5 heteroatoms. The lowest BCUT2D eigenvalue weighted by Crippen LogP contribution is -2.38. The van der Waals surface area contributed by atoms with E-state index in [9.17, 15) is 4.79 Å². The lowest BCUT2D eigenvalue weighted by atomic mass is 9.87. The molecule has 1 aromatic heterocycles. The molecule has 0 aliphatic carbocycles. The van der Waals surface area contributed by atoms with Gasteiger partial charge in [-0.3, -0.25) is 9.69 Å². The maximum atomic E-state index is 12.9. The quantitative estimate of drug-likeness (QED) is 0.523. The molecule has 2 aromatic carbocycles. The summed E-state index contributed by atoms with van der Waals surface area (Å²) in [6, 6.07) is 16.5. The van der Waals surface area contributed by atoms with Gasteiger partial charge >= 0.3 is 0 Å². The van der Waals surface area contributed by atoms with Crippen molar-refractivity contribution in [3.8, 4) is 0 Å². The van der Waals surface area contributed by atoms with Gasteiger partial charge in [0.1, 0.15) is 0 Å². The molecule has 0 spiro atoms. The van der Waals surface area contributed by atoms with Gasteiger partial charge in [0.15, 0.2) is 0 Å². The topological polar surface area (TPSA) is 46.5 Å². The maximum absolute atomic E-state index is 12.9. The van der Waals surface area contributed by atoms with Gasteiger partial charge in [0.25, 0.3) is 5.91 Å². The standard InChI is InChI=1S/C28H35N3O2/c1-21(27(32)29-24-11-9-23(10-12-24)28(2,3)4)19-22-20-31(26-8-6-5-7-25(22)26)14-13-30-15-17-33-18-16-30/h5-12,19-20H,13-18H2,1-4H3,(H,29,32)/b21-19+. The van der Waals surface area contributed by atoms with Crippen molar-refractivity contribution in [1.29, 1.82) is 0 Å². The Morgan fingerprint density at radius 2 is 1.73 bits per heavy atom. The third-order valence-electron chi connectivity index (χ3n) is 6.32. The van der Waals surface area contributed by atoms with Gasteiger partial charge in [-0.25, -0.2) is 0 Å². The second-order valence-electron chi connectivity index (χ2n) is 9.86. The highest BCUT2D eigenvalue weighted by molar-refractivity contribution is 6.07. The van der Waals surface area contributed by atoms with Crippen molar-refractivity contribution in [2.24, 2.45) is 0 Å². The number of amides is 1. The Labute approximate surface area is 197 Å². The number of para-hydroxylation sites is 1. The molecule has 0 unspecified atom stereocenters. The molecule has 0 saturated carbocycles. The summed E-state index contributed by atoms with van der Waals surface area (Å²) in [5.74, 6) is -0.0799. The number of ether oxygens (including phenoxy) is 1. The summed E-state index contributed by atoms with van der Waals surface area (Å²) in [6.07, 6.45) is 4.16. The number of morpholine rings is 1. The zero-order chi connectivity index (χ0) is 23.4. The van der Waals surface area contributed by atoms with Crippen molar-refractivity contribution >= 4 is 28.6 Å². The van der Waals surface area contributed by atoms with Crippen LogP contribution in [0.5, 0.6) is 0 Å². The van der Waals surface area contributed by atoms with Crippen LogP contribution in [0.25, 0.3) is 17.0 Å². The number of hydrogen-bond acceptors (Lipinski definition) is 3. The third-order valence-corrected chi connectivity index (χ3v) is 6.32. The van der Waals surface area contributed by atoms with Crippen molar-refractivity contribution in [2.75, 3.05) is 38.2 Å². The summed E-state index contributed by atoms with van der Waals surface area (Å²) in [7, 11) is 0. The van der Waals surface area contributed by atoms with Crippen molar-refractivity contribution < 1.29 is 9.53 Å². The van der Waals surface area contributed by atoms with E-state index < -0.39 is 0 Å². The minimum atomic E-state index is -0.0799. The maximum Gasteiger partial charge on any atom is 0.251 e. The van der Waals surface area contributed by atoms with Gasteiger partial charge in [0.05, 0.1) is 13.2 Å². The number of nitrogens with one attached hydrogen (secondary N) is 1. The van der Waals surface area contributed by atoms with Crippen molar-refractivity contribution in [3.05, 3.63) is 71.4 Å². The molecule has 1 aliphatic rings. The zero-order valence-electron chi connectivity index (χ0n) is 20.2. The van der Waals surface area contributed by atoms with E-state index in [1.54, 1.807) is 0 Å². The molecule has 174 valence electrons. The molecule has 1 fully saturated rings. The Morgan fingerprint density at radius 3 is 2.42 bits per heavy atom. The van der Waals surface area contributed by atoms with Crippen LogP contribution in [-0.2, 0) is 21.5 Å². The molecule has 1 amide bonds. The van der Waals surface area contributed by atoms with E-state index in [0.717, 1.165) is 50.6 Å². The molecule has 1 saturated heterocycles. The number of fused-ring (bicyclic) bond motifs is 1. The molecular weight excluding hydrogens is 410 g/mol. The molecule has 5 nitrogen and oxygen atoms in total. The normalized spacial score (nSPS) is 15.7. The van der Waals surface area contributed by atoms with Crippen molar-refractivity contribution in [2.45, 2.75) is 39.7 Å². The highest BCUT2D eigenvalue weighted by Crippen LogP contribution is 2.25. The summed E-state index contributed by atoms with van der Waals surface area (Å²) in [5, 5.41) is 4.20. The highest BCUT2D eigenvalue weighted by atomic mass is 16.5. The average molecular weight is 446 g/mol. The molecule has 1 aliphatic heterocycles. The van der Waals surface area contributed by atoms with Crippen LogP contribution >= 0.6 is 0 Å². The van der Waals surface area contributed by atoms with Crippen LogP contribution in [0.2, 0.25) is 0 Å². The molecule has 0 bridgehead atoms. The second-order valence-corrected chi connectivity index (χ2v) is 9.86. The Balaban J connectivity index is 1.49. The van der Waals surface area contributed by atoms with E-state index in [1.165, 1.54) is 16.5 Å². The predicted molar refractivity (Wildman–Crippen MR) is 137 cm³/mol. The largest absolute Gasteiger partial charge is 0.379 e. The van der Waals surface area contributed by atoms with E-state index in [0.29, 0.717) is 5.57 Å². The number of hydrogen-bond donors (Lipinski definition) is 1. The number of carbonyl (C=O) groups excluding carboxylic acids is 1. The van der Waals surface area contributed by atoms with Gasteiger partial charge < -0.3 is 14.6 Å². The molecule has 3 aromatic rings. The first kappa shape index (κ1) is 23.3. The Kier molecular flexibility index (Phi) is 7.01. The average Bonchev–Trinajstić information content (AvgIpc) is 3.15. The number of anilines is 1. The predicted octanol–water partition coefficient (Wildman–Crippen LogP) is 5.31. The third kappa shape index (κ3) is 5.73. The van der Waals surface area contributed by atoms with Gasteiger partial charge in [-0.2, -0.15) is 0 Å². The minimum absolute atomic E-state index is 0.0799. The monoisotopic (exact) mass is 445 g/mol. The van der Waals surface area contributed by atoms with Crippen molar-refractivity contribution in [1.82, 2.24) is 9.47 Å². The molecule has 1 N–H and O–H groups in total. The fourth-order valence-corrected chi connectivity index (χ4v) is 4.23. The van der Waals surface area contributed by atoms with E-state index in [1.807, 2.05) is 25.1 Å². The summed E-state index contributed by atoms with van der Waals surface area (Å²) in [6.45, 7) is 13.9. The van der Waals surface area contributed by atoms with Crippen LogP contribution in [0, 0.1) is 0 Å². The number of carbonyl (C=O) groups is 1. The number of benzene rings is 2. The zero-order valence-corrected chi connectivity index (χ0v) is 20.2.